The van der Waals surface area contributed by atoms with Crippen LogP contribution >= 0.6 is 0 Å². The minimum Gasteiger partial charge on any atom is -0.486 e. The van der Waals surface area contributed by atoms with Crippen LogP contribution < -0.4 is 14.2 Å². The van der Waals surface area contributed by atoms with Crippen molar-refractivity contribution in [2.75, 3.05) is 19.8 Å². The van der Waals surface area contributed by atoms with Gasteiger partial charge in [0.25, 0.3) is 0 Å². The topological polar surface area (TPSA) is 80.4 Å². The third-order valence-electron chi connectivity index (χ3n) is 3.77. The lowest BCUT2D eigenvalue weighted by Crippen LogP contribution is -2.26. The van der Waals surface area contributed by atoms with E-state index in [0.717, 1.165) is 17.0 Å². The van der Waals surface area contributed by atoms with E-state index in [1.54, 1.807) is 6.07 Å². The predicted octanol–water partition coefficient (Wildman–Crippen LogP) is 1.92. The van der Waals surface area contributed by atoms with Gasteiger partial charge in [-0.25, -0.2) is 13.1 Å². The molecule has 0 amide bonds. The predicted molar refractivity (Wildman–Crippen MR) is 86.6 cm³/mol. The lowest BCUT2D eigenvalue weighted by Gasteiger charge is -2.18. The van der Waals surface area contributed by atoms with Crippen LogP contribution in [0.4, 0.5) is 0 Å². The van der Waals surface area contributed by atoms with E-state index in [9.17, 15) is 8.42 Å². The van der Waals surface area contributed by atoms with Crippen molar-refractivity contribution >= 4 is 10.0 Å². The molecule has 1 aliphatic rings. The van der Waals surface area contributed by atoms with E-state index < -0.39 is 10.0 Å². The Hall–Kier alpha value is -1.99. The average molecular weight is 336 g/mol. The molecule has 0 fully saturated rings. The molecule has 2 heterocycles. The molecule has 0 aliphatic carbocycles. The van der Waals surface area contributed by atoms with Crippen LogP contribution in [0.2, 0.25) is 0 Å². The number of nitrogens with one attached hydrogen (secondary N) is 2. The zero-order valence-corrected chi connectivity index (χ0v) is 14.0. The average Bonchev–Trinajstić information content (AvgIpc) is 2.84. The summed E-state index contributed by atoms with van der Waals surface area (Å²) in [6, 6.07) is 6.69. The number of sulfonamides is 1. The molecule has 1 aromatic carbocycles. The number of benzene rings is 1. The highest BCUT2D eigenvalue weighted by Gasteiger charge is 2.19. The first kappa shape index (κ1) is 15.9. The molecule has 0 atom stereocenters. The van der Waals surface area contributed by atoms with E-state index >= 15 is 0 Å². The van der Waals surface area contributed by atoms with Gasteiger partial charge in [-0.2, -0.15) is 0 Å². The van der Waals surface area contributed by atoms with Crippen molar-refractivity contribution in [3.63, 3.8) is 0 Å². The second kappa shape index (κ2) is 6.25. The van der Waals surface area contributed by atoms with Gasteiger partial charge in [-0.15, -0.1) is 0 Å². The molecule has 6 nitrogen and oxygen atoms in total. The van der Waals surface area contributed by atoms with Gasteiger partial charge in [0, 0.05) is 24.0 Å². The van der Waals surface area contributed by atoms with E-state index in [2.05, 4.69) is 9.71 Å². The van der Waals surface area contributed by atoms with E-state index in [0.29, 0.717) is 37.7 Å². The van der Waals surface area contributed by atoms with Crippen LogP contribution in [-0.2, 0) is 16.4 Å². The van der Waals surface area contributed by atoms with Crippen molar-refractivity contribution in [2.45, 2.75) is 25.2 Å². The van der Waals surface area contributed by atoms with Gasteiger partial charge in [-0.3, -0.25) is 0 Å². The smallest absolute Gasteiger partial charge is 0.240 e. The van der Waals surface area contributed by atoms with Gasteiger partial charge < -0.3 is 14.5 Å². The number of hydrogen-bond donors (Lipinski definition) is 2. The normalized spacial score (nSPS) is 14.0. The van der Waals surface area contributed by atoms with Crippen molar-refractivity contribution in [1.82, 2.24) is 9.71 Å². The molecule has 7 heteroatoms. The van der Waals surface area contributed by atoms with Crippen LogP contribution in [0.3, 0.4) is 0 Å². The van der Waals surface area contributed by atoms with Crippen molar-refractivity contribution < 1.29 is 17.9 Å². The van der Waals surface area contributed by atoms with Crippen LogP contribution in [-0.4, -0.2) is 33.2 Å². The fraction of sp³-hybridized carbons (Fsp3) is 0.375. The molecule has 0 bridgehead atoms. The van der Waals surface area contributed by atoms with Gasteiger partial charge >= 0.3 is 0 Å². The molecule has 3 rings (SSSR count). The molecular weight excluding hydrogens is 316 g/mol. The highest BCUT2D eigenvalue weighted by Crippen LogP contribution is 2.32. The van der Waals surface area contributed by atoms with E-state index in [1.165, 1.54) is 12.1 Å². The van der Waals surface area contributed by atoms with E-state index in [1.807, 2.05) is 19.9 Å². The Kier molecular flexibility index (Phi) is 4.32. The third-order valence-corrected chi connectivity index (χ3v) is 5.23. The van der Waals surface area contributed by atoms with Crippen molar-refractivity contribution in [1.29, 1.82) is 0 Å². The zero-order valence-electron chi connectivity index (χ0n) is 13.2. The van der Waals surface area contributed by atoms with Crippen molar-refractivity contribution in [2.24, 2.45) is 0 Å². The Labute approximate surface area is 135 Å². The maximum absolute atomic E-state index is 12.4. The van der Waals surface area contributed by atoms with Crippen LogP contribution in [0, 0.1) is 13.8 Å². The van der Waals surface area contributed by atoms with E-state index in [4.69, 9.17) is 9.47 Å². The fourth-order valence-electron chi connectivity index (χ4n) is 2.64. The first-order chi connectivity index (χ1) is 11.0. The van der Waals surface area contributed by atoms with Gasteiger partial charge in [-0.1, -0.05) is 0 Å². The summed E-state index contributed by atoms with van der Waals surface area (Å²) >= 11 is 0. The number of rotatable bonds is 5. The summed E-state index contributed by atoms with van der Waals surface area (Å²) in [6.07, 6.45) is 0.639. The number of aryl methyl sites for hydroxylation is 2. The monoisotopic (exact) mass is 336 g/mol. The van der Waals surface area contributed by atoms with Crippen LogP contribution in [0.25, 0.3) is 0 Å². The molecule has 1 aliphatic heterocycles. The fourth-order valence-corrected chi connectivity index (χ4v) is 3.68. The molecule has 2 N–H and O–H groups in total. The summed E-state index contributed by atoms with van der Waals surface area (Å²) in [5, 5.41) is 0. The molecule has 23 heavy (non-hydrogen) atoms. The Bertz CT molecular complexity index is 811. The summed E-state index contributed by atoms with van der Waals surface area (Å²) in [5.41, 5.74) is 3.26. The summed E-state index contributed by atoms with van der Waals surface area (Å²) < 4.78 is 38.2. The molecular formula is C16H20N2O4S. The highest BCUT2D eigenvalue weighted by atomic mass is 32.2. The molecule has 1 aromatic heterocycles. The van der Waals surface area contributed by atoms with Gasteiger partial charge in [-0.05, 0) is 44.0 Å². The minimum absolute atomic E-state index is 0.184. The lowest BCUT2D eigenvalue weighted by atomic mass is 10.2. The number of aromatic nitrogens is 1. The largest absolute Gasteiger partial charge is 0.486 e. The summed E-state index contributed by atoms with van der Waals surface area (Å²) in [7, 11) is -3.57. The third kappa shape index (κ3) is 3.51. The van der Waals surface area contributed by atoms with E-state index in [-0.39, 0.29) is 4.90 Å². The first-order valence-electron chi connectivity index (χ1n) is 7.50. The quantitative estimate of drug-likeness (QED) is 0.874. The van der Waals surface area contributed by atoms with Gasteiger partial charge in [0.1, 0.15) is 13.2 Å². The molecule has 0 spiro atoms. The number of ether oxygens (including phenoxy) is 2. The van der Waals surface area contributed by atoms with Crippen molar-refractivity contribution in [3.8, 4) is 11.5 Å². The molecule has 0 saturated heterocycles. The first-order valence-corrected chi connectivity index (χ1v) is 8.98. The molecule has 0 unspecified atom stereocenters. The SMILES string of the molecule is Cc1cc(CCNS(=O)(=O)c2ccc3c(c2)OCCO3)c(C)[nH]1. The highest BCUT2D eigenvalue weighted by molar-refractivity contribution is 7.89. The van der Waals surface area contributed by atoms with Crippen molar-refractivity contribution in [3.05, 3.63) is 41.2 Å². The number of fused-ring (bicyclic) bond motifs is 1. The zero-order chi connectivity index (χ0) is 16.4. The molecule has 0 saturated carbocycles. The van der Waals surface area contributed by atoms with Gasteiger partial charge in [0.2, 0.25) is 10.0 Å². The summed E-state index contributed by atoms with van der Waals surface area (Å²) in [5.74, 6) is 1.05. The van der Waals surface area contributed by atoms with Crippen LogP contribution in [0.5, 0.6) is 11.5 Å². The number of hydrogen-bond acceptors (Lipinski definition) is 4. The summed E-state index contributed by atoms with van der Waals surface area (Å²) in [4.78, 5) is 3.40. The minimum atomic E-state index is -3.57. The lowest BCUT2D eigenvalue weighted by molar-refractivity contribution is 0.171. The second-order valence-electron chi connectivity index (χ2n) is 5.56. The molecule has 2 aromatic rings. The standard InChI is InChI=1S/C16H20N2O4S/c1-11-9-13(12(2)18-11)5-6-17-23(19,20)14-3-4-15-16(10-14)22-8-7-21-15/h3-4,9-10,17-18H,5-8H2,1-2H3. The Balaban J connectivity index is 1.68. The van der Waals surface area contributed by atoms with Gasteiger partial charge in [0.05, 0.1) is 4.90 Å². The maximum Gasteiger partial charge on any atom is 0.240 e. The van der Waals surface area contributed by atoms with Gasteiger partial charge in [0.15, 0.2) is 11.5 Å². The summed E-state index contributed by atoms with van der Waals surface area (Å²) in [6.45, 7) is 5.21. The Morgan fingerprint density at radius 3 is 2.57 bits per heavy atom. The molecule has 0 radical (unpaired) electrons. The Morgan fingerprint density at radius 2 is 1.87 bits per heavy atom. The molecule has 124 valence electrons. The second-order valence-corrected chi connectivity index (χ2v) is 7.32. The van der Waals surface area contributed by atoms with Crippen LogP contribution in [0.15, 0.2) is 29.2 Å². The Morgan fingerprint density at radius 1 is 1.13 bits per heavy atom. The maximum atomic E-state index is 12.4. The number of aromatic amines is 1. The van der Waals surface area contributed by atoms with Crippen LogP contribution in [0.1, 0.15) is 17.0 Å². The number of H-pyrrole nitrogens is 1.